The number of aromatic nitrogens is 1. The van der Waals surface area contributed by atoms with Gasteiger partial charge in [-0.1, -0.05) is 6.92 Å². The van der Waals surface area contributed by atoms with Gasteiger partial charge in [-0.15, -0.1) is 0 Å². The Kier molecular flexibility index (Phi) is 4.67. The summed E-state index contributed by atoms with van der Waals surface area (Å²) in [7, 11) is 0. The highest BCUT2D eigenvalue weighted by Crippen LogP contribution is 2.41. The van der Waals surface area contributed by atoms with Gasteiger partial charge in [0.15, 0.2) is 0 Å². The second kappa shape index (κ2) is 6.69. The first-order chi connectivity index (χ1) is 10.7. The molecule has 3 rings (SSSR count). The maximum atomic E-state index is 5.45. The average Bonchev–Trinajstić information content (AvgIpc) is 3.28. The molecule has 2 aliphatic rings. The number of ether oxygens (including phenoxy) is 1. The van der Waals surface area contributed by atoms with E-state index in [-0.39, 0.29) is 0 Å². The Morgan fingerprint density at radius 1 is 1.41 bits per heavy atom. The smallest absolute Gasteiger partial charge is 0.0526 e. The van der Waals surface area contributed by atoms with Crippen molar-refractivity contribution < 1.29 is 4.74 Å². The Morgan fingerprint density at radius 3 is 2.73 bits per heavy atom. The standard InChI is InChI=1S/C18H25N3O/c1-4-16(21-19-5-2)18(15-10-22-11-15)14-8-12(3)20-17(9-14)13-6-7-13/h5,8-9,13,15,18H,4,6-7,10-11H2,1-3H3/b19-5-,21-16+. The van der Waals surface area contributed by atoms with Crippen molar-refractivity contribution in [2.24, 2.45) is 16.1 Å². The average molecular weight is 299 g/mol. The van der Waals surface area contributed by atoms with Crippen LogP contribution in [-0.4, -0.2) is 30.1 Å². The summed E-state index contributed by atoms with van der Waals surface area (Å²) >= 11 is 0. The molecular weight excluding hydrogens is 274 g/mol. The molecule has 0 N–H and O–H groups in total. The van der Waals surface area contributed by atoms with Crippen LogP contribution in [0.2, 0.25) is 0 Å². The van der Waals surface area contributed by atoms with Gasteiger partial charge in [-0.25, -0.2) is 0 Å². The van der Waals surface area contributed by atoms with Gasteiger partial charge in [0.25, 0.3) is 0 Å². The first-order valence-corrected chi connectivity index (χ1v) is 8.33. The minimum absolute atomic E-state index is 0.307. The summed E-state index contributed by atoms with van der Waals surface area (Å²) in [6.45, 7) is 7.79. The zero-order chi connectivity index (χ0) is 15.5. The summed E-state index contributed by atoms with van der Waals surface area (Å²) in [5.41, 5.74) is 4.86. The summed E-state index contributed by atoms with van der Waals surface area (Å²) in [6, 6.07) is 4.52. The van der Waals surface area contributed by atoms with E-state index in [1.807, 2.05) is 6.92 Å². The molecule has 1 saturated heterocycles. The molecule has 0 radical (unpaired) electrons. The van der Waals surface area contributed by atoms with E-state index in [9.17, 15) is 0 Å². The Labute approximate surface area is 132 Å². The van der Waals surface area contributed by atoms with Crippen LogP contribution in [0.25, 0.3) is 0 Å². The third-order valence-electron chi connectivity index (χ3n) is 4.51. The summed E-state index contributed by atoms with van der Waals surface area (Å²) < 4.78 is 5.45. The molecule has 0 amide bonds. The van der Waals surface area contributed by atoms with E-state index in [0.29, 0.717) is 17.8 Å². The van der Waals surface area contributed by atoms with Crippen LogP contribution in [0.5, 0.6) is 0 Å². The first kappa shape index (κ1) is 15.3. The molecule has 4 nitrogen and oxygen atoms in total. The fraction of sp³-hybridized carbons (Fsp3) is 0.611. The SMILES string of the molecule is C/C=N\N=C(/CC)C(c1cc(C)nc(C2CC2)c1)C1COC1. The van der Waals surface area contributed by atoms with E-state index >= 15 is 0 Å². The van der Waals surface area contributed by atoms with E-state index in [1.54, 1.807) is 6.21 Å². The van der Waals surface area contributed by atoms with Crippen LogP contribution < -0.4 is 0 Å². The molecular formula is C18H25N3O. The maximum absolute atomic E-state index is 5.45. The molecule has 118 valence electrons. The monoisotopic (exact) mass is 299 g/mol. The zero-order valence-electron chi connectivity index (χ0n) is 13.7. The number of nitrogens with zero attached hydrogens (tertiary/aromatic N) is 3. The summed E-state index contributed by atoms with van der Waals surface area (Å²) in [5, 5.41) is 8.60. The fourth-order valence-electron chi connectivity index (χ4n) is 3.16. The number of hydrogen-bond acceptors (Lipinski definition) is 4. The lowest BCUT2D eigenvalue weighted by Gasteiger charge is -2.34. The van der Waals surface area contributed by atoms with Crippen molar-refractivity contribution in [3.63, 3.8) is 0 Å². The molecule has 1 saturated carbocycles. The van der Waals surface area contributed by atoms with Crippen molar-refractivity contribution in [3.05, 3.63) is 29.1 Å². The molecule has 4 heteroatoms. The van der Waals surface area contributed by atoms with Crippen LogP contribution in [0.15, 0.2) is 22.3 Å². The fourth-order valence-corrected chi connectivity index (χ4v) is 3.16. The van der Waals surface area contributed by atoms with Crippen molar-refractivity contribution in [2.75, 3.05) is 13.2 Å². The number of aryl methyl sites for hydroxylation is 1. The topological polar surface area (TPSA) is 46.8 Å². The van der Waals surface area contributed by atoms with Crippen LogP contribution in [0, 0.1) is 12.8 Å². The number of rotatable bonds is 6. The predicted octanol–water partition coefficient (Wildman–Crippen LogP) is 3.85. The summed E-state index contributed by atoms with van der Waals surface area (Å²) in [5.74, 6) is 1.49. The molecule has 0 aromatic carbocycles. The predicted molar refractivity (Wildman–Crippen MR) is 89.9 cm³/mol. The second-order valence-electron chi connectivity index (χ2n) is 6.33. The van der Waals surface area contributed by atoms with Crippen molar-refractivity contribution in [1.29, 1.82) is 0 Å². The third kappa shape index (κ3) is 3.27. The maximum Gasteiger partial charge on any atom is 0.0526 e. The normalized spacial score (nSPS) is 21.1. The van der Waals surface area contributed by atoms with Gasteiger partial charge in [0, 0.05) is 41.1 Å². The molecule has 1 aliphatic carbocycles. The van der Waals surface area contributed by atoms with Crippen LogP contribution in [-0.2, 0) is 4.74 Å². The third-order valence-corrected chi connectivity index (χ3v) is 4.51. The van der Waals surface area contributed by atoms with Crippen molar-refractivity contribution in [1.82, 2.24) is 4.98 Å². The molecule has 22 heavy (non-hydrogen) atoms. The van der Waals surface area contributed by atoms with E-state index in [1.165, 1.54) is 24.1 Å². The van der Waals surface area contributed by atoms with Crippen LogP contribution >= 0.6 is 0 Å². The van der Waals surface area contributed by atoms with E-state index in [2.05, 4.69) is 36.2 Å². The summed E-state index contributed by atoms with van der Waals surface area (Å²) in [6.07, 6.45) is 5.22. The number of hydrogen-bond donors (Lipinski definition) is 0. The van der Waals surface area contributed by atoms with Gasteiger partial charge < -0.3 is 4.74 Å². The molecule has 2 heterocycles. The van der Waals surface area contributed by atoms with Crippen molar-refractivity contribution in [3.8, 4) is 0 Å². The minimum Gasteiger partial charge on any atom is -0.381 e. The Balaban J connectivity index is 1.98. The Hall–Kier alpha value is -1.55. The molecule has 1 aromatic heterocycles. The highest BCUT2D eigenvalue weighted by atomic mass is 16.5. The quantitative estimate of drug-likeness (QED) is 0.591. The zero-order valence-corrected chi connectivity index (χ0v) is 13.7. The van der Waals surface area contributed by atoms with Gasteiger partial charge in [-0.3, -0.25) is 4.98 Å². The molecule has 0 bridgehead atoms. The van der Waals surface area contributed by atoms with Gasteiger partial charge in [-0.05, 0) is 50.8 Å². The van der Waals surface area contributed by atoms with Crippen molar-refractivity contribution in [2.45, 2.75) is 51.9 Å². The van der Waals surface area contributed by atoms with Crippen LogP contribution in [0.1, 0.15) is 61.9 Å². The van der Waals surface area contributed by atoms with Gasteiger partial charge in [-0.2, -0.15) is 10.2 Å². The van der Waals surface area contributed by atoms with E-state index < -0.39 is 0 Å². The molecule has 1 aliphatic heterocycles. The van der Waals surface area contributed by atoms with Crippen LogP contribution in [0.4, 0.5) is 0 Å². The van der Waals surface area contributed by atoms with Gasteiger partial charge >= 0.3 is 0 Å². The number of pyridine rings is 1. The largest absolute Gasteiger partial charge is 0.381 e. The first-order valence-electron chi connectivity index (χ1n) is 8.33. The lowest BCUT2D eigenvalue weighted by molar-refractivity contribution is -0.0359. The highest BCUT2D eigenvalue weighted by molar-refractivity contribution is 5.91. The van der Waals surface area contributed by atoms with Gasteiger partial charge in [0.05, 0.1) is 13.2 Å². The molecule has 0 spiro atoms. The van der Waals surface area contributed by atoms with Crippen LogP contribution in [0.3, 0.4) is 0 Å². The molecule has 1 unspecified atom stereocenters. The Morgan fingerprint density at radius 2 is 2.18 bits per heavy atom. The lowest BCUT2D eigenvalue weighted by atomic mass is 9.80. The minimum atomic E-state index is 0.307. The van der Waals surface area contributed by atoms with Gasteiger partial charge in [0.1, 0.15) is 0 Å². The van der Waals surface area contributed by atoms with Crippen molar-refractivity contribution >= 4 is 11.9 Å². The van der Waals surface area contributed by atoms with E-state index in [0.717, 1.165) is 31.0 Å². The molecule has 2 fully saturated rings. The Bertz CT molecular complexity index is 586. The second-order valence-corrected chi connectivity index (χ2v) is 6.33. The van der Waals surface area contributed by atoms with Gasteiger partial charge in [0.2, 0.25) is 0 Å². The summed E-state index contributed by atoms with van der Waals surface area (Å²) in [4.78, 5) is 4.73. The lowest BCUT2D eigenvalue weighted by Crippen LogP contribution is -2.37. The molecule has 1 atom stereocenters. The highest BCUT2D eigenvalue weighted by Gasteiger charge is 2.34. The van der Waals surface area contributed by atoms with E-state index in [4.69, 9.17) is 9.72 Å². The molecule has 1 aromatic rings.